The summed E-state index contributed by atoms with van der Waals surface area (Å²) >= 11 is 0. The number of nitrogens with one attached hydrogen (secondary N) is 1. The molecule has 1 aromatic carbocycles. The van der Waals surface area contributed by atoms with Crippen LogP contribution >= 0.6 is 0 Å². The van der Waals surface area contributed by atoms with Crippen LogP contribution in [0.4, 0.5) is 17.5 Å². The Morgan fingerprint density at radius 1 is 1.05 bits per heavy atom. The zero-order valence-corrected chi connectivity index (χ0v) is 11.7. The van der Waals surface area contributed by atoms with Gasteiger partial charge in [-0.25, -0.2) is 4.98 Å². The third-order valence-corrected chi connectivity index (χ3v) is 3.57. The van der Waals surface area contributed by atoms with E-state index in [1.165, 1.54) is 0 Å². The highest BCUT2D eigenvalue weighted by molar-refractivity contribution is 5.81. The molecule has 5 N–H and O–H groups in total. The molecule has 6 heteroatoms. The number of ether oxygens (including phenoxy) is 1. The van der Waals surface area contributed by atoms with Gasteiger partial charge < -0.3 is 21.5 Å². The largest absolute Gasteiger partial charge is 0.394 e. The van der Waals surface area contributed by atoms with Gasteiger partial charge in [0.1, 0.15) is 11.4 Å². The Balaban J connectivity index is 1.92. The van der Waals surface area contributed by atoms with Crippen molar-refractivity contribution in [2.45, 2.75) is 18.9 Å². The van der Waals surface area contributed by atoms with Crippen LogP contribution in [0.1, 0.15) is 12.8 Å². The fourth-order valence-corrected chi connectivity index (χ4v) is 2.45. The smallest absolute Gasteiger partial charge is 0.222 e. The maximum atomic E-state index is 6.23. The lowest BCUT2D eigenvalue weighted by molar-refractivity contribution is 0.0904. The first-order chi connectivity index (χ1) is 10.2. The fourth-order valence-electron chi connectivity index (χ4n) is 2.45. The molecule has 0 radical (unpaired) electrons. The Labute approximate surface area is 123 Å². The first-order valence-electron chi connectivity index (χ1n) is 7.06. The predicted molar refractivity (Wildman–Crippen MR) is 83.8 cm³/mol. The summed E-state index contributed by atoms with van der Waals surface area (Å²) in [6, 6.07) is 10.1. The minimum Gasteiger partial charge on any atom is -0.394 e. The minimum absolute atomic E-state index is 0.220. The quantitative estimate of drug-likeness (QED) is 0.796. The van der Waals surface area contributed by atoms with Gasteiger partial charge in [-0.1, -0.05) is 30.3 Å². The summed E-state index contributed by atoms with van der Waals surface area (Å²) in [6.45, 7) is 1.51. The van der Waals surface area contributed by atoms with E-state index < -0.39 is 0 Å². The van der Waals surface area contributed by atoms with Crippen molar-refractivity contribution in [2.24, 2.45) is 0 Å². The molecule has 0 aliphatic carbocycles. The Morgan fingerprint density at radius 2 is 1.76 bits per heavy atom. The maximum Gasteiger partial charge on any atom is 0.222 e. The maximum absolute atomic E-state index is 6.23. The van der Waals surface area contributed by atoms with Crippen LogP contribution in [-0.2, 0) is 4.74 Å². The van der Waals surface area contributed by atoms with Crippen molar-refractivity contribution >= 4 is 17.5 Å². The van der Waals surface area contributed by atoms with Gasteiger partial charge in [0.2, 0.25) is 5.95 Å². The summed E-state index contributed by atoms with van der Waals surface area (Å²) in [4.78, 5) is 8.52. The number of nitrogen functional groups attached to an aromatic ring is 2. The second-order valence-corrected chi connectivity index (χ2v) is 5.09. The average Bonchev–Trinajstić information content (AvgIpc) is 2.52. The Morgan fingerprint density at radius 3 is 2.48 bits per heavy atom. The van der Waals surface area contributed by atoms with E-state index in [0.29, 0.717) is 23.2 Å². The van der Waals surface area contributed by atoms with E-state index in [2.05, 4.69) is 15.3 Å². The van der Waals surface area contributed by atoms with Gasteiger partial charge in [-0.05, 0) is 12.8 Å². The van der Waals surface area contributed by atoms with E-state index in [0.717, 1.165) is 31.6 Å². The van der Waals surface area contributed by atoms with Crippen molar-refractivity contribution in [3.05, 3.63) is 30.3 Å². The van der Waals surface area contributed by atoms with Crippen molar-refractivity contribution in [2.75, 3.05) is 30.0 Å². The molecule has 1 saturated heterocycles. The van der Waals surface area contributed by atoms with Crippen LogP contribution < -0.4 is 16.8 Å². The number of anilines is 3. The van der Waals surface area contributed by atoms with Crippen LogP contribution in [-0.4, -0.2) is 29.2 Å². The molecular formula is C15H19N5O. The van der Waals surface area contributed by atoms with E-state index in [1.54, 1.807) is 0 Å². The monoisotopic (exact) mass is 285 g/mol. The first-order valence-corrected chi connectivity index (χ1v) is 7.06. The Kier molecular flexibility index (Phi) is 3.87. The highest BCUT2D eigenvalue weighted by Gasteiger charge is 2.18. The van der Waals surface area contributed by atoms with Gasteiger partial charge in [0, 0.05) is 24.8 Å². The summed E-state index contributed by atoms with van der Waals surface area (Å²) in [5.74, 6) is 0.825. The number of rotatable bonds is 3. The molecule has 0 unspecified atom stereocenters. The number of hydrogen-bond acceptors (Lipinski definition) is 6. The number of aromatic nitrogens is 2. The zero-order valence-electron chi connectivity index (χ0n) is 11.7. The zero-order chi connectivity index (χ0) is 14.7. The van der Waals surface area contributed by atoms with Gasteiger partial charge in [-0.2, -0.15) is 4.98 Å². The number of nitrogens with zero attached hydrogens (tertiary/aromatic N) is 2. The van der Waals surface area contributed by atoms with Crippen molar-refractivity contribution in [1.82, 2.24) is 9.97 Å². The molecule has 1 aliphatic rings. The van der Waals surface area contributed by atoms with Crippen molar-refractivity contribution in [3.8, 4) is 11.3 Å². The van der Waals surface area contributed by atoms with E-state index in [-0.39, 0.29) is 5.95 Å². The van der Waals surface area contributed by atoms with Crippen LogP contribution in [0.15, 0.2) is 30.3 Å². The van der Waals surface area contributed by atoms with E-state index in [9.17, 15) is 0 Å². The molecule has 0 atom stereocenters. The lowest BCUT2D eigenvalue weighted by Gasteiger charge is -2.24. The summed E-state index contributed by atoms with van der Waals surface area (Å²) < 4.78 is 5.36. The molecule has 2 aromatic rings. The molecule has 0 saturated carbocycles. The highest BCUT2D eigenvalue weighted by atomic mass is 16.5. The molecule has 1 aliphatic heterocycles. The Hall–Kier alpha value is -2.34. The van der Waals surface area contributed by atoms with Crippen LogP contribution in [0.3, 0.4) is 0 Å². The molecular weight excluding hydrogens is 266 g/mol. The molecule has 1 aromatic heterocycles. The number of hydrogen-bond donors (Lipinski definition) is 3. The molecule has 110 valence electrons. The third-order valence-electron chi connectivity index (χ3n) is 3.57. The SMILES string of the molecule is Nc1nc(NC2CCOCC2)c(N)c(-c2ccccc2)n1. The molecule has 1 fully saturated rings. The molecule has 0 spiro atoms. The third kappa shape index (κ3) is 3.05. The average molecular weight is 285 g/mol. The summed E-state index contributed by atoms with van der Waals surface area (Å²) in [5, 5.41) is 3.36. The highest BCUT2D eigenvalue weighted by Crippen LogP contribution is 2.30. The normalized spacial score (nSPS) is 15.8. The molecule has 0 amide bonds. The second-order valence-electron chi connectivity index (χ2n) is 5.09. The van der Waals surface area contributed by atoms with Gasteiger partial charge in [0.25, 0.3) is 0 Å². The molecule has 6 nitrogen and oxygen atoms in total. The number of nitrogens with two attached hydrogens (primary N) is 2. The predicted octanol–water partition coefficient (Wildman–Crippen LogP) is 1.90. The standard InChI is InChI=1S/C15H19N5O/c16-12-13(10-4-2-1-3-5-10)19-15(17)20-14(12)18-11-6-8-21-9-7-11/h1-5,11H,6-9,16H2,(H3,17,18,19,20). The van der Waals surface area contributed by atoms with Gasteiger partial charge in [0.15, 0.2) is 5.82 Å². The minimum atomic E-state index is 0.220. The van der Waals surface area contributed by atoms with Gasteiger partial charge in [0.05, 0.1) is 0 Å². The van der Waals surface area contributed by atoms with Crippen LogP contribution in [0.25, 0.3) is 11.3 Å². The van der Waals surface area contributed by atoms with Crippen molar-refractivity contribution in [1.29, 1.82) is 0 Å². The van der Waals surface area contributed by atoms with Crippen LogP contribution in [0.5, 0.6) is 0 Å². The van der Waals surface area contributed by atoms with Gasteiger partial charge >= 0.3 is 0 Å². The number of benzene rings is 1. The summed E-state index contributed by atoms with van der Waals surface area (Å²) in [6.07, 6.45) is 1.87. The fraction of sp³-hybridized carbons (Fsp3) is 0.333. The summed E-state index contributed by atoms with van der Waals surface area (Å²) in [7, 11) is 0. The molecule has 3 rings (SSSR count). The lowest BCUT2D eigenvalue weighted by Crippen LogP contribution is -2.29. The van der Waals surface area contributed by atoms with Crippen LogP contribution in [0.2, 0.25) is 0 Å². The van der Waals surface area contributed by atoms with Gasteiger partial charge in [-0.3, -0.25) is 0 Å². The van der Waals surface area contributed by atoms with Crippen molar-refractivity contribution < 1.29 is 4.74 Å². The molecule has 2 heterocycles. The molecule has 0 bridgehead atoms. The van der Waals surface area contributed by atoms with Crippen molar-refractivity contribution in [3.63, 3.8) is 0 Å². The second kappa shape index (κ2) is 5.97. The van der Waals surface area contributed by atoms with Crippen LogP contribution in [0, 0.1) is 0 Å². The molecule has 21 heavy (non-hydrogen) atoms. The summed E-state index contributed by atoms with van der Waals surface area (Å²) in [5.41, 5.74) is 14.2. The first kappa shape index (κ1) is 13.6. The topological polar surface area (TPSA) is 99.1 Å². The Bertz CT molecular complexity index is 611. The lowest BCUT2D eigenvalue weighted by atomic mass is 10.1. The van der Waals surface area contributed by atoms with E-state index in [4.69, 9.17) is 16.2 Å². The van der Waals surface area contributed by atoms with E-state index >= 15 is 0 Å². The van der Waals surface area contributed by atoms with E-state index in [1.807, 2.05) is 30.3 Å². The van der Waals surface area contributed by atoms with Gasteiger partial charge in [-0.15, -0.1) is 0 Å².